The number of carbonyl (C=O) groups is 1. The van der Waals surface area contributed by atoms with E-state index in [1.165, 1.54) is 12.8 Å². The highest BCUT2D eigenvalue weighted by atomic mass is 32.1. The SMILES string of the molecule is O=C(c1ccccc1)N1CCCCCC1C1CCN(c2ncnc3sccc23)CC1. The second-order valence-corrected chi connectivity index (χ2v) is 9.34. The number of piperidine rings is 1. The van der Waals surface area contributed by atoms with Crippen molar-refractivity contribution >= 4 is 33.3 Å². The number of likely N-dealkylation sites (tertiary alicyclic amines) is 1. The molecule has 2 aliphatic heterocycles. The molecule has 0 spiro atoms. The standard InChI is InChI=1S/C24H28N4OS/c29-24(19-7-3-1-4-8-19)28-13-6-2-5-9-21(28)18-10-14-27(15-11-18)22-20-12-16-30-23(20)26-17-25-22/h1,3-4,7-8,12,16-18,21H,2,5-6,9-11,13-15H2. The molecule has 2 fully saturated rings. The average Bonchev–Trinajstić information content (AvgIpc) is 3.16. The minimum atomic E-state index is 0.209. The van der Waals surface area contributed by atoms with Crippen LogP contribution in [0.1, 0.15) is 48.9 Å². The van der Waals surface area contributed by atoms with Crippen LogP contribution < -0.4 is 4.90 Å². The van der Waals surface area contributed by atoms with Gasteiger partial charge in [0.15, 0.2) is 0 Å². The van der Waals surface area contributed by atoms with E-state index < -0.39 is 0 Å². The molecule has 4 heterocycles. The maximum Gasteiger partial charge on any atom is 0.254 e. The largest absolute Gasteiger partial charge is 0.356 e. The Hall–Kier alpha value is -2.47. The van der Waals surface area contributed by atoms with Crippen molar-refractivity contribution in [1.82, 2.24) is 14.9 Å². The highest BCUT2D eigenvalue weighted by molar-refractivity contribution is 7.16. The first-order valence-electron chi connectivity index (χ1n) is 11.1. The van der Waals surface area contributed by atoms with Crippen LogP contribution in [0.3, 0.4) is 0 Å². The second kappa shape index (κ2) is 8.72. The van der Waals surface area contributed by atoms with Crippen molar-refractivity contribution in [2.75, 3.05) is 24.5 Å². The molecule has 5 nitrogen and oxygen atoms in total. The lowest BCUT2D eigenvalue weighted by Crippen LogP contribution is -2.48. The fourth-order valence-electron chi connectivity index (χ4n) is 5.15. The summed E-state index contributed by atoms with van der Waals surface area (Å²) in [4.78, 5) is 28.0. The van der Waals surface area contributed by atoms with E-state index in [9.17, 15) is 4.79 Å². The van der Waals surface area contributed by atoms with Crippen LogP contribution in [0.25, 0.3) is 10.2 Å². The van der Waals surface area contributed by atoms with Crippen molar-refractivity contribution in [1.29, 1.82) is 0 Å². The summed E-state index contributed by atoms with van der Waals surface area (Å²) in [7, 11) is 0. The first-order valence-corrected chi connectivity index (χ1v) is 12.0. The number of carbonyl (C=O) groups excluding carboxylic acids is 1. The summed E-state index contributed by atoms with van der Waals surface area (Å²) in [5.74, 6) is 1.84. The number of aromatic nitrogens is 2. The lowest BCUT2D eigenvalue weighted by atomic mass is 9.85. The predicted molar refractivity (Wildman–Crippen MR) is 122 cm³/mol. The van der Waals surface area contributed by atoms with Crippen LogP contribution in [0, 0.1) is 5.92 Å². The molecule has 0 N–H and O–H groups in total. The molecular formula is C24H28N4OS. The Bertz CT molecular complexity index is 997. The summed E-state index contributed by atoms with van der Waals surface area (Å²) in [6, 6.07) is 12.3. The van der Waals surface area contributed by atoms with E-state index in [2.05, 4.69) is 31.2 Å². The second-order valence-electron chi connectivity index (χ2n) is 8.44. The first kappa shape index (κ1) is 19.5. The van der Waals surface area contributed by atoms with Gasteiger partial charge in [-0.25, -0.2) is 9.97 Å². The van der Waals surface area contributed by atoms with Crippen molar-refractivity contribution in [3.05, 3.63) is 53.7 Å². The van der Waals surface area contributed by atoms with Crippen LogP contribution in [0.2, 0.25) is 0 Å². The molecule has 0 radical (unpaired) electrons. The molecule has 156 valence electrons. The van der Waals surface area contributed by atoms with Crippen LogP contribution in [0.15, 0.2) is 48.1 Å². The zero-order valence-electron chi connectivity index (χ0n) is 17.2. The fourth-order valence-corrected chi connectivity index (χ4v) is 5.88. The molecule has 1 atom stereocenters. The van der Waals surface area contributed by atoms with Gasteiger partial charge >= 0.3 is 0 Å². The third kappa shape index (κ3) is 3.81. The third-order valence-corrected chi connectivity index (χ3v) is 7.53. The van der Waals surface area contributed by atoms with E-state index in [-0.39, 0.29) is 5.91 Å². The van der Waals surface area contributed by atoms with Gasteiger partial charge in [-0.05, 0) is 55.2 Å². The minimum Gasteiger partial charge on any atom is -0.356 e. The topological polar surface area (TPSA) is 49.3 Å². The molecule has 30 heavy (non-hydrogen) atoms. The molecule has 2 aliphatic rings. The van der Waals surface area contributed by atoms with Crippen LogP contribution in [-0.2, 0) is 0 Å². The number of hydrogen-bond donors (Lipinski definition) is 0. The highest BCUT2D eigenvalue weighted by Gasteiger charge is 2.34. The smallest absolute Gasteiger partial charge is 0.254 e. The number of benzene rings is 1. The Kier molecular flexibility index (Phi) is 5.67. The Morgan fingerprint density at radius 2 is 1.77 bits per heavy atom. The maximum atomic E-state index is 13.3. The zero-order chi connectivity index (χ0) is 20.3. The average molecular weight is 421 g/mol. The van der Waals surface area contributed by atoms with E-state index in [1.807, 2.05) is 30.3 Å². The van der Waals surface area contributed by atoms with Gasteiger partial charge < -0.3 is 9.80 Å². The number of fused-ring (bicyclic) bond motifs is 1. The molecule has 5 rings (SSSR count). The molecule has 0 aliphatic carbocycles. The third-order valence-electron chi connectivity index (χ3n) is 6.70. The Labute approximate surface area is 181 Å². The fraction of sp³-hybridized carbons (Fsp3) is 0.458. The molecule has 0 saturated carbocycles. The van der Waals surface area contributed by atoms with Crippen molar-refractivity contribution in [2.24, 2.45) is 5.92 Å². The van der Waals surface area contributed by atoms with Crippen molar-refractivity contribution in [2.45, 2.75) is 44.6 Å². The molecule has 2 aromatic heterocycles. The zero-order valence-corrected chi connectivity index (χ0v) is 18.1. The number of anilines is 1. The number of thiophene rings is 1. The summed E-state index contributed by atoms with van der Waals surface area (Å²) >= 11 is 1.67. The van der Waals surface area contributed by atoms with Gasteiger partial charge in [0.1, 0.15) is 17.0 Å². The van der Waals surface area contributed by atoms with Crippen LogP contribution in [0.4, 0.5) is 5.82 Å². The van der Waals surface area contributed by atoms with Crippen LogP contribution in [-0.4, -0.2) is 46.5 Å². The van der Waals surface area contributed by atoms with Gasteiger partial charge in [0, 0.05) is 31.2 Å². The van der Waals surface area contributed by atoms with Crippen LogP contribution in [0.5, 0.6) is 0 Å². The van der Waals surface area contributed by atoms with Gasteiger partial charge in [-0.15, -0.1) is 11.3 Å². The summed E-state index contributed by atoms with van der Waals surface area (Å²) in [6.45, 7) is 2.88. The highest BCUT2D eigenvalue weighted by Crippen LogP contribution is 2.34. The van der Waals surface area contributed by atoms with E-state index in [1.54, 1.807) is 17.7 Å². The van der Waals surface area contributed by atoms with Crippen LogP contribution >= 0.6 is 11.3 Å². The minimum absolute atomic E-state index is 0.209. The van der Waals surface area contributed by atoms with Gasteiger partial charge in [-0.1, -0.05) is 31.0 Å². The normalized spacial score (nSPS) is 21.0. The van der Waals surface area contributed by atoms with Crippen molar-refractivity contribution in [3.8, 4) is 0 Å². The van der Waals surface area contributed by atoms with E-state index in [0.717, 1.165) is 66.9 Å². The Morgan fingerprint density at radius 1 is 0.933 bits per heavy atom. The lowest BCUT2D eigenvalue weighted by Gasteiger charge is -2.41. The van der Waals surface area contributed by atoms with E-state index in [0.29, 0.717) is 12.0 Å². The monoisotopic (exact) mass is 420 g/mol. The number of nitrogens with zero attached hydrogens (tertiary/aromatic N) is 4. The van der Waals surface area contributed by atoms with E-state index >= 15 is 0 Å². The molecule has 2 saturated heterocycles. The molecular weight excluding hydrogens is 392 g/mol. The Morgan fingerprint density at radius 3 is 2.60 bits per heavy atom. The summed E-state index contributed by atoms with van der Waals surface area (Å²) in [6.07, 6.45) is 8.61. The first-order chi connectivity index (χ1) is 14.8. The quantitative estimate of drug-likeness (QED) is 0.599. The van der Waals surface area contributed by atoms with Gasteiger partial charge in [-0.3, -0.25) is 4.79 Å². The van der Waals surface area contributed by atoms with Gasteiger partial charge in [0.05, 0.1) is 5.39 Å². The number of rotatable bonds is 3. The van der Waals surface area contributed by atoms with Gasteiger partial charge in [0.25, 0.3) is 5.91 Å². The van der Waals surface area contributed by atoms with Crippen molar-refractivity contribution < 1.29 is 4.79 Å². The number of amides is 1. The number of hydrogen-bond acceptors (Lipinski definition) is 5. The molecule has 3 aromatic rings. The van der Waals surface area contributed by atoms with Crippen molar-refractivity contribution in [3.63, 3.8) is 0 Å². The molecule has 6 heteroatoms. The predicted octanol–water partition coefficient (Wildman–Crippen LogP) is 4.99. The molecule has 1 aromatic carbocycles. The summed E-state index contributed by atoms with van der Waals surface area (Å²) in [5, 5.41) is 3.25. The van der Waals surface area contributed by atoms with E-state index in [4.69, 9.17) is 0 Å². The summed E-state index contributed by atoms with van der Waals surface area (Å²) < 4.78 is 0. The molecule has 1 unspecified atom stereocenters. The van der Waals surface area contributed by atoms with Gasteiger partial charge in [0.2, 0.25) is 0 Å². The van der Waals surface area contributed by atoms with Gasteiger partial charge in [-0.2, -0.15) is 0 Å². The maximum absolute atomic E-state index is 13.3. The molecule has 1 amide bonds. The lowest BCUT2D eigenvalue weighted by molar-refractivity contribution is 0.0588. The Balaban J connectivity index is 1.32. The molecule has 0 bridgehead atoms. The summed E-state index contributed by atoms with van der Waals surface area (Å²) in [5.41, 5.74) is 0.822.